The summed E-state index contributed by atoms with van der Waals surface area (Å²) in [5.74, 6) is 0.993. The summed E-state index contributed by atoms with van der Waals surface area (Å²) in [5, 5.41) is 9.19. The van der Waals surface area contributed by atoms with E-state index in [-0.39, 0.29) is 24.5 Å². The van der Waals surface area contributed by atoms with Gasteiger partial charge in [0.05, 0.1) is 7.11 Å². The van der Waals surface area contributed by atoms with Crippen LogP contribution in [-0.4, -0.2) is 30.8 Å². The Morgan fingerprint density at radius 2 is 2.22 bits per heavy atom. The Bertz CT molecular complexity index is 458. The molecule has 1 aromatic carbocycles. The van der Waals surface area contributed by atoms with Crippen LogP contribution in [0.2, 0.25) is 0 Å². The Kier molecular flexibility index (Phi) is 3.57. The molecule has 1 heterocycles. The lowest BCUT2D eigenvalue weighted by molar-refractivity contribution is -0.116. The zero-order valence-electron chi connectivity index (χ0n) is 11.0. The number of amides is 1. The Hall–Kier alpha value is -1.55. The topological polar surface area (TPSA) is 49.8 Å². The predicted octanol–water partition coefficient (Wildman–Crippen LogP) is 1.92. The summed E-state index contributed by atoms with van der Waals surface area (Å²) in [6.07, 6.45) is 0.658. The van der Waals surface area contributed by atoms with Gasteiger partial charge >= 0.3 is 0 Å². The van der Waals surface area contributed by atoms with Gasteiger partial charge in [-0.3, -0.25) is 4.79 Å². The molecule has 0 radical (unpaired) electrons. The van der Waals surface area contributed by atoms with Crippen molar-refractivity contribution in [2.75, 3.05) is 18.6 Å². The van der Waals surface area contributed by atoms with Gasteiger partial charge in [-0.2, -0.15) is 0 Å². The number of nitrogens with zero attached hydrogens (tertiary/aromatic N) is 1. The van der Waals surface area contributed by atoms with Crippen LogP contribution in [0.15, 0.2) is 18.2 Å². The maximum absolute atomic E-state index is 11.8. The number of hydrogen-bond acceptors (Lipinski definition) is 3. The highest BCUT2D eigenvalue weighted by Gasteiger charge is 2.37. The maximum Gasteiger partial charge on any atom is 0.224 e. The lowest BCUT2D eigenvalue weighted by atomic mass is 9.93. The molecule has 1 aliphatic heterocycles. The number of fused-ring (bicyclic) bond motifs is 1. The molecule has 4 nitrogen and oxygen atoms in total. The highest BCUT2D eigenvalue weighted by atomic mass is 16.5. The Labute approximate surface area is 107 Å². The number of aliphatic hydroxyl groups excluding tert-OH is 1. The quantitative estimate of drug-likeness (QED) is 0.890. The van der Waals surface area contributed by atoms with E-state index in [9.17, 15) is 9.90 Å². The van der Waals surface area contributed by atoms with E-state index in [2.05, 4.69) is 0 Å². The van der Waals surface area contributed by atoms with E-state index in [1.165, 1.54) is 0 Å². The first-order valence-corrected chi connectivity index (χ1v) is 6.18. The lowest BCUT2D eigenvalue weighted by Crippen LogP contribution is -2.35. The van der Waals surface area contributed by atoms with E-state index in [1.54, 1.807) is 18.9 Å². The van der Waals surface area contributed by atoms with Crippen molar-refractivity contribution >= 4 is 11.6 Å². The number of carbonyl (C=O) groups is 1. The van der Waals surface area contributed by atoms with Crippen LogP contribution in [-0.2, 0) is 4.79 Å². The summed E-state index contributed by atoms with van der Waals surface area (Å²) >= 11 is 0. The molecule has 18 heavy (non-hydrogen) atoms. The first kappa shape index (κ1) is 12.9. The van der Waals surface area contributed by atoms with E-state index in [4.69, 9.17) is 4.74 Å². The normalized spacial score (nSPS) is 21.9. The summed E-state index contributed by atoms with van der Waals surface area (Å²) < 4.78 is 5.23. The van der Waals surface area contributed by atoms with Crippen LogP contribution >= 0.6 is 0 Å². The number of aliphatic hydroxyl groups is 1. The van der Waals surface area contributed by atoms with Crippen LogP contribution < -0.4 is 9.64 Å². The molecule has 98 valence electrons. The Balaban J connectivity index is 2.48. The van der Waals surface area contributed by atoms with Gasteiger partial charge in [0.15, 0.2) is 0 Å². The first-order valence-electron chi connectivity index (χ1n) is 6.18. The van der Waals surface area contributed by atoms with E-state index in [0.29, 0.717) is 6.42 Å². The summed E-state index contributed by atoms with van der Waals surface area (Å²) in [6, 6.07) is 5.83. The zero-order valence-corrected chi connectivity index (χ0v) is 11.0. The minimum Gasteiger partial charge on any atom is -0.497 e. The highest BCUT2D eigenvalue weighted by Crippen LogP contribution is 2.44. The molecular weight excluding hydrogens is 230 g/mol. The summed E-state index contributed by atoms with van der Waals surface area (Å²) in [4.78, 5) is 13.6. The minimum absolute atomic E-state index is 0.0364. The van der Waals surface area contributed by atoms with Crippen LogP contribution in [0.1, 0.15) is 31.7 Å². The van der Waals surface area contributed by atoms with Gasteiger partial charge in [0, 0.05) is 31.2 Å². The summed E-state index contributed by atoms with van der Waals surface area (Å²) in [5.41, 5.74) is 2.03. The molecule has 0 aliphatic carbocycles. The number of anilines is 1. The van der Waals surface area contributed by atoms with E-state index >= 15 is 0 Å². The molecule has 1 aromatic rings. The van der Waals surface area contributed by atoms with Gasteiger partial charge in [-0.15, -0.1) is 0 Å². The fraction of sp³-hybridized carbons (Fsp3) is 0.500. The first-order chi connectivity index (χ1) is 8.60. The molecule has 0 bridgehead atoms. The van der Waals surface area contributed by atoms with E-state index in [1.807, 2.05) is 25.1 Å². The lowest BCUT2D eigenvalue weighted by Gasteiger charge is -2.23. The maximum atomic E-state index is 11.8. The standard InChI is InChI=1S/C14H19NO3/c1-9-12(6-7-16)13-8-11(18-3)4-5-14(13)15(9)10(2)17/h4-5,8-9,12,16H,6-7H2,1-3H3. The number of carbonyl (C=O) groups excluding carboxylic acids is 1. The van der Waals surface area contributed by atoms with Gasteiger partial charge in [0.25, 0.3) is 0 Å². The van der Waals surface area contributed by atoms with Gasteiger partial charge in [0.2, 0.25) is 5.91 Å². The molecule has 2 unspecified atom stereocenters. The van der Waals surface area contributed by atoms with Gasteiger partial charge in [-0.25, -0.2) is 0 Å². The van der Waals surface area contributed by atoms with Crippen LogP contribution in [0.3, 0.4) is 0 Å². The van der Waals surface area contributed by atoms with Crippen molar-refractivity contribution in [3.05, 3.63) is 23.8 Å². The molecule has 0 saturated carbocycles. The molecule has 1 N–H and O–H groups in total. The molecule has 4 heteroatoms. The summed E-state index contributed by atoms with van der Waals surface area (Å²) in [6.45, 7) is 3.72. The molecular formula is C14H19NO3. The smallest absolute Gasteiger partial charge is 0.224 e. The van der Waals surface area contributed by atoms with Crippen LogP contribution in [0, 0.1) is 0 Å². The molecule has 0 saturated heterocycles. The second kappa shape index (κ2) is 4.98. The molecule has 0 aromatic heterocycles. The Morgan fingerprint density at radius 1 is 1.50 bits per heavy atom. The van der Waals surface area contributed by atoms with Crippen molar-refractivity contribution in [3.63, 3.8) is 0 Å². The second-order valence-corrected chi connectivity index (χ2v) is 4.67. The second-order valence-electron chi connectivity index (χ2n) is 4.67. The van der Waals surface area contributed by atoms with Crippen LogP contribution in [0.5, 0.6) is 5.75 Å². The van der Waals surface area contributed by atoms with Crippen molar-refractivity contribution in [2.45, 2.75) is 32.2 Å². The number of ether oxygens (including phenoxy) is 1. The van der Waals surface area contributed by atoms with Gasteiger partial charge < -0.3 is 14.7 Å². The average Bonchev–Trinajstić information content (AvgIpc) is 2.62. The van der Waals surface area contributed by atoms with Gasteiger partial charge in [-0.05, 0) is 37.1 Å². The monoisotopic (exact) mass is 249 g/mol. The van der Waals surface area contributed by atoms with Crippen LogP contribution in [0.25, 0.3) is 0 Å². The van der Waals surface area contributed by atoms with Crippen LogP contribution in [0.4, 0.5) is 5.69 Å². The van der Waals surface area contributed by atoms with Crippen molar-refractivity contribution in [1.82, 2.24) is 0 Å². The fourth-order valence-electron chi connectivity index (χ4n) is 2.83. The predicted molar refractivity (Wildman–Crippen MR) is 70.1 cm³/mol. The molecule has 1 aliphatic rings. The van der Waals surface area contributed by atoms with Crippen molar-refractivity contribution in [3.8, 4) is 5.75 Å². The van der Waals surface area contributed by atoms with Crippen molar-refractivity contribution < 1.29 is 14.6 Å². The highest BCUT2D eigenvalue weighted by molar-refractivity contribution is 5.95. The molecule has 0 spiro atoms. The largest absolute Gasteiger partial charge is 0.497 e. The van der Waals surface area contributed by atoms with Gasteiger partial charge in [0.1, 0.15) is 5.75 Å². The molecule has 1 amide bonds. The minimum atomic E-state index is 0.0364. The van der Waals surface area contributed by atoms with E-state index < -0.39 is 0 Å². The van der Waals surface area contributed by atoms with E-state index in [0.717, 1.165) is 17.0 Å². The fourth-order valence-corrected chi connectivity index (χ4v) is 2.83. The third-order valence-corrected chi connectivity index (χ3v) is 3.66. The van der Waals surface area contributed by atoms with Crippen molar-refractivity contribution in [2.24, 2.45) is 0 Å². The number of methoxy groups -OCH3 is 1. The SMILES string of the molecule is COc1ccc2c(c1)C(CCO)C(C)N2C(C)=O. The third kappa shape index (κ3) is 1.97. The Morgan fingerprint density at radius 3 is 2.78 bits per heavy atom. The zero-order chi connectivity index (χ0) is 13.3. The number of benzene rings is 1. The number of rotatable bonds is 3. The average molecular weight is 249 g/mol. The van der Waals surface area contributed by atoms with Gasteiger partial charge in [-0.1, -0.05) is 0 Å². The molecule has 0 fully saturated rings. The molecule has 2 rings (SSSR count). The summed E-state index contributed by atoms with van der Waals surface area (Å²) in [7, 11) is 1.63. The molecule has 2 atom stereocenters. The number of hydrogen-bond donors (Lipinski definition) is 1. The van der Waals surface area contributed by atoms with Crippen molar-refractivity contribution in [1.29, 1.82) is 0 Å². The third-order valence-electron chi connectivity index (χ3n) is 3.66.